The number of fused-ring (bicyclic) bond motifs is 3. The van der Waals surface area contributed by atoms with E-state index in [0.29, 0.717) is 12.1 Å². The summed E-state index contributed by atoms with van der Waals surface area (Å²) in [6, 6.07) is 7.82. The van der Waals surface area contributed by atoms with Crippen LogP contribution in [0.3, 0.4) is 0 Å². The predicted molar refractivity (Wildman–Crippen MR) is 100 cm³/mol. The first kappa shape index (κ1) is 17.2. The van der Waals surface area contributed by atoms with Crippen LogP contribution in [0.1, 0.15) is 29.3 Å². The van der Waals surface area contributed by atoms with Crippen LogP contribution in [-0.4, -0.2) is 33.1 Å². The van der Waals surface area contributed by atoms with Crippen LogP contribution in [0, 0.1) is 12.7 Å². The summed E-state index contributed by atoms with van der Waals surface area (Å²) in [5.74, 6) is -0.431. The fraction of sp³-hybridized carbons (Fsp3) is 0.381. The maximum absolute atomic E-state index is 13.6. The van der Waals surface area contributed by atoms with Crippen LogP contribution >= 0.6 is 0 Å². The second-order valence-electron chi connectivity index (χ2n) is 7.69. The van der Waals surface area contributed by atoms with E-state index in [4.69, 9.17) is 0 Å². The number of hydrogen-bond acceptors (Lipinski definition) is 3. The highest BCUT2D eigenvalue weighted by Gasteiger charge is 2.29. The zero-order valence-electron chi connectivity index (χ0n) is 15.5. The summed E-state index contributed by atoms with van der Waals surface area (Å²) in [7, 11) is 2.14. The van der Waals surface area contributed by atoms with Crippen LogP contribution in [0.2, 0.25) is 0 Å². The van der Waals surface area contributed by atoms with Gasteiger partial charge in [-0.3, -0.25) is 4.98 Å². The van der Waals surface area contributed by atoms with E-state index in [1.807, 2.05) is 0 Å². The zero-order chi connectivity index (χ0) is 18.5. The van der Waals surface area contributed by atoms with E-state index in [1.54, 1.807) is 13.1 Å². The third kappa shape index (κ3) is 2.91. The molecule has 0 aliphatic carbocycles. The molecule has 1 aromatic carbocycles. The lowest BCUT2D eigenvalue weighted by molar-refractivity contribution is 0.0378. The third-order valence-corrected chi connectivity index (χ3v) is 5.39. The van der Waals surface area contributed by atoms with Crippen LogP contribution in [-0.2, 0) is 25.1 Å². The highest BCUT2D eigenvalue weighted by Crippen LogP contribution is 2.34. The van der Waals surface area contributed by atoms with E-state index < -0.39 is 11.4 Å². The lowest BCUT2D eigenvalue weighted by atomic mass is 9.97. The monoisotopic (exact) mass is 353 g/mol. The third-order valence-electron chi connectivity index (χ3n) is 5.39. The minimum atomic E-state index is -1.21. The summed E-state index contributed by atoms with van der Waals surface area (Å²) in [5.41, 5.74) is 4.25. The second-order valence-corrected chi connectivity index (χ2v) is 7.69. The fourth-order valence-electron chi connectivity index (χ4n) is 3.98. The fourth-order valence-corrected chi connectivity index (χ4v) is 3.98. The number of rotatable bonds is 3. The quantitative estimate of drug-likeness (QED) is 0.785. The van der Waals surface area contributed by atoms with E-state index in [1.165, 1.54) is 28.3 Å². The lowest BCUT2D eigenvalue weighted by Gasteiger charge is -2.28. The van der Waals surface area contributed by atoms with Crippen LogP contribution in [0.15, 0.2) is 36.7 Å². The van der Waals surface area contributed by atoms with Gasteiger partial charge in [0.15, 0.2) is 0 Å². The molecule has 2 aromatic heterocycles. The Morgan fingerprint density at radius 1 is 1.27 bits per heavy atom. The van der Waals surface area contributed by atoms with Gasteiger partial charge in [-0.05, 0) is 44.7 Å². The Bertz CT molecular complexity index is 977. The van der Waals surface area contributed by atoms with E-state index in [-0.39, 0.29) is 0 Å². The van der Waals surface area contributed by atoms with Crippen molar-refractivity contribution in [3.63, 3.8) is 0 Å². The van der Waals surface area contributed by atoms with Gasteiger partial charge in [0.2, 0.25) is 0 Å². The molecule has 0 spiro atoms. The Morgan fingerprint density at radius 2 is 2.08 bits per heavy atom. The molecular weight excluding hydrogens is 329 g/mol. The standard InChI is InChI=1S/C21H24FN3O/c1-14-4-5-19-17(8-14)18-12-24(3)7-6-20(18)25(19)13-21(2,26)15-9-16(22)11-23-10-15/h4-5,8-11,26H,6-7,12-13H2,1-3H3/t21-/m1/s1. The van der Waals surface area contributed by atoms with Crippen molar-refractivity contribution in [1.29, 1.82) is 0 Å². The molecule has 0 fully saturated rings. The van der Waals surface area contributed by atoms with Crippen molar-refractivity contribution < 1.29 is 9.50 Å². The molecule has 1 aliphatic rings. The van der Waals surface area contributed by atoms with Gasteiger partial charge in [-0.15, -0.1) is 0 Å². The van der Waals surface area contributed by atoms with Gasteiger partial charge >= 0.3 is 0 Å². The maximum atomic E-state index is 13.6. The second kappa shape index (κ2) is 6.18. The number of aryl methyl sites for hydroxylation is 1. The summed E-state index contributed by atoms with van der Waals surface area (Å²) in [6.07, 6.45) is 3.64. The van der Waals surface area contributed by atoms with E-state index >= 15 is 0 Å². The molecule has 0 radical (unpaired) electrons. The van der Waals surface area contributed by atoms with E-state index in [2.05, 4.69) is 46.6 Å². The molecule has 1 atom stereocenters. The number of pyridine rings is 1. The number of halogens is 1. The van der Waals surface area contributed by atoms with Crippen molar-refractivity contribution in [3.05, 3.63) is 64.9 Å². The Kier molecular flexibility index (Phi) is 4.09. The number of benzene rings is 1. The van der Waals surface area contributed by atoms with Crippen LogP contribution in [0.4, 0.5) is 4.39 Å². The highest BCUT2D eigenvalue weighted by molar-refractivity contribution is 5.86. The molecule has 0 saturated heterocycles. The molecule has 4 rings (SSSR count). The zero-order valence-corrected chi connectivity index (χ0v) is 15.5. The lowest BCUT2D eigenvalue weighted by Crippen LogP contribution is -2.31. The average Bonchev–Trinajstić information content (AvgIpc) is 2.87. The van der Waals surface area contributed by atoms with E-state index in [9.17, 15) is 9.50 Å². The first-order valence-electron chi connectivity index (χ1n) is 8.98. The molecule has 0 unspecified atom stereocenters. The van der Waals surface area contributed by atoms with Crippen LogP contribution in [0.5, 0.6) is 0 Å². The molecule has 0 bridgehead atoms. The molecule has 1 N–H and O–H groups in total. The molecule has 3 heterocycles. The van der Waals surface area contributed by atoms with Gasteiger partial charge in [-0.1, -0.05) is 11.6 Å². The Balaban J connectivity index is 1.84. The summed E-state index contributed by atoms with van der Waals surface area (Å²) >= 11 is 0. The molecule has 0 amide bonds. The molecule has 1 aliphatic heterocycles. The first-order valence-corrected chi connectivity index (χ1v) is 8.98. The summed E-state index contributed by atoms with van der Waals surface area (Å²) in [6.45, 7) is 6.10. The SMILES string of the molecule is Cc1ccc2c(c1)c1c(n2C[C@@](C)(O)c2cncc(F)c2)CCN(C)C1. The molecule has 136 valence electrons. The molecule has 4 nitrogen and oxygen atoms in total. The van der Waals surface area contributed by atoms with Gasteiger partial charge in [0, 0.05) is 47.9 Å². The van der Waals surface area contributed by atoms with Crippen molar-refractivity contribution >= 4 is 10.9 Å². The van der Waals surface area contributed by atoms with Crippen molar-refractivity contribution in [2.24, 2.45) is 0 Å². The average molecular weight is 353 g/mol. The summed E-state index contributed by atoms with van der Waals surface area (Å²) in [5, 5.41) is 12.4. The topological polar surface area (TPSA) is 41.3 Å². The van der Waals surface area contributed by atoms with Gasteiger partial charge in [-0.2, -0.15) is 0 Å². The molecule has 26 heavy (non-hydrogen) atoms. The van der Waals surface area contributed by atoms with Gasteiger partial charge < -0.3 is 14.6 Å². The van der Waals surface area contributed by atoms with Crippen LogP contribution in [0.25, 0.3) is 10.9 Å². The van der Waals surface area contributed by atoms with Crippen molar-refractivity contribution in [1.82, 2.24) is 14.5 Å². The van der Waals surface area contributed by atoms with Gasteiger partial charge in [0.05, 0.1) is 12.7 Å². The van der Waals surface area contributed by atoms with Crippen molar-refractivity contribution in [2.45, 2.75) is 39.0 Å². The van der Waals surface area contributed by atoms with E-state index in [0.717, 1.165) is 31.2 Å². The number of likely N-dealkylation sites (N-methyl/N-ethyl adjacent to an activating group) is 1. The van der Waals surface area contributed by atoms with Gasteiger partial charge in [0.25, 0.3) is 0 Å². The molecule has 0 saturated carbocycles. The van der Waals surface area contributed by atoms with Gasteiger partial charge in [-0.25, -0.2) is 4.39 Å². The molecule has 3 aromatic rings. The molecular formula is C21H24FN3O. The first-order chi connectivity index (χ1) is 12.3. The number of aromatic nitrogens is 2. The summed E-state index contributed by atoms with van der Waals surface area (Å²) in [4.78, 5) is 6.22. The van der Waals surface area contributed by atoms with Crippen LogP contribution < -0.4 is 0 Å². The van der Waals surface area contributed by atoms with Gasteiger partial charge in [0.1, 0.15) is 11.4 Å². The minimum Gasteiger partial charge on any atom is -0.384 e. The largest absolute Gasteiger partial charge is 0.384 e. The Hall–Kier alpha value is -2.24. The number of hydrogen-bond donors (Lipinski definition) is 1. The normalized spacial score (nSPS) is 17.3. The Morgan fingerprint density at radius 3 is 2.85 bits per heavy atom. The van der Waals surface area contributed by atoms with Crippen molar-refractivity contribution in [2.75, 3.05) is 13.6 Å². The predicted octanol–water partition coefficient (Wildman–Crippen LogP) is 3.38. The summed E-state index contributed by atoms with van der Waals surface area (Å²) < 4.78 is 15.8. The Labute approximate surface area is 152 Å². The minimum absolute atomic E-state index is 0.372. The highest BCUT2D eigenvalue weighted by atomic mass is 19.1. The smallest absolute Gasteiger partial charge is 0.141 e. The molecule has 5 heteroatoms. The number of nitrogens with zero attached hydrogens (tertiary/aromatic N) is 3. The maximum Gasteiger partial charge on any atom is 0.141 e. The number of aliphatic hydroxyl groups is 1. The van der Waals surface area contributed by atoms with Crippen molar-refractivity contribution in [3.8, 4) is 0 Å².